The number of nitrogens with zero attached hydrogens (tertiary/aromatic N) is 3. The van der Waals surface area contributed by atoms with Crippen molar-refractivity contribution >= 4 is 39.1 Å². The quantitative estimate of drug-likeness (QED) is 0.245. The molecule has 32 heavy (non-hydrogen) atoms. The van der Waals surface area contributed by atoms with Gasteiger partial charge in [0.05, 0.1) is 16.8 Å². The van der Waals surface area contributed by atoms with Gasteiger partial charge in [-0.2, -0.15) is 0 Å². The highest BCUT2D eigenvalue weighted by Crippen LogP contribution is 2.34. The Morgan fingerprint density at radius 2 is 1.88 bits per heavy atom. The van der Waals surface area contributed by atoms with Crippen LogP contribution in [0.3, 0.4) is 0 Å². The maximum atomic E-state index is 13.7. The Kier molecular flexibility index (Phi) is 5.71. The molecule has 0 radical (unpaired) electrons. The van der Waals surface area contributed by atoms with E-state index < -0.39 is 0 Å². The van der Waals surface area contributed by atoms with Crippen LogP contribution in [0.15, 0.2) is 64.5 Å². The van der Waals surface area contributed by atoms with Crippen molar-refractivity contribution in [3.05, 3.63) is 86.5 Å². The van der Waals surface area contributed by atoms with Crippen molar-refractivity contribution in [1.29, 1.82) is 0 Å². The zero-order valence-electron chi connectivity index (χ0n) is 18.0. The van der Waals surface area contributed by atoms with Crippen molar-refractivity contribution in [1.82, 2.24) is 14.5 Å². The molecule has 1 aliphatic rings. The van der Waals surface area contributed by atoms with Crippen molar-refractivity contribution in [2.75, 3.05) is 19.3 Å². The number of carbonyl (C=O) groups is 1. The summed E-state index contributed by atoms with van der Waals surface area (Å²) in [4.78, 5) is 35.7. The molecule has 0 unspecified atom stereocenters. The number of likely N-dealkylation sites (N-methyl/N-ethyl adjacent to an activating group) is 1. The Balaban J connectivity index is 1.58. The number of ketones is 1. The second-order valence-electron chi connectivity index (χ2n) is 8.12. The van der Waals surface area contributed by atoms with Gasteiger partial charge in [-0.05, 0) is 38.1 Å². The van der Waals surface area contributed by atoms with Crippen molar-refractivity contribution in [2.45, 2.75) is 25.0 Å². The van der Waals surface area contributed by atoms with E-state index in [4.69, 9.17) is 4.98 Å². The maximum absolute atomic E-state index is 13.7. The average molecular weight is 462 g/mol. The van der Waals surface area contributed by atoms with Crippen LogP contribution in [0, 0.1) is 6.92 Å². The van der Waals surface area contributed by atoms with E-state index in [2.05, 4.69) is 11.9 Å². The molecule has 0 amide bonds. The predicted octanol–water partition coefficient (Wildman–Crippen LogP) is 4.72. The fraction of sp³-hybridized carbons (Fsp3) is 0.240. The van der Waals surface area contributed by atoms with E-state index in [1.807, 2.05) is 61.5 Å². The molecule has 0 saturated carbocycles. The summed E-state index contributed by atoms with van der Waals surface area (Å²) in [5.74, 6) is 0.248. The minimum absolute atomic E-state index is 0.0241. The van der Waals surface area contributed by atoms with E-state index in [0.717, 1.165) is 46.5 Å². The summed E-state index contributed by atoms with van der Waals surface area (Å²) in [7, 11) is 2.10. The van der Waals surface area contributed by atoms with Gasteiger partial charge in [0.1, 0.15) is 4.83 Å². The largest absolute Gasteiger partial charge is 0.301 e. The van der Waals surface area contributed by atoms with Crippen LogP contribution in [-0.4, -0.2) is 39.6 Å². The Hall–Kier alpha value is -2.74. The summed E-state index contributed by atoms with van der Waals surface area (Å²) in [6.45, 7) is 3.78. The van der Waals surface area contributed by atoms with E-state index in [1.165, 1.54) is 16.6 Å². The third-order valence-corrected chi connectivity index (χ3v) is 7.80. The third kappa shape index (κ3) is 3.92. The lowest BCUT2D eigenvalue weighted by Gasteiger charge is -2.21. The highest BCUT2D eigenvalue weighted by atomic mass is 32.2. The fourth-order valence-electron chi connectivity index (χ4n) is 4.01. The van der Waals surface area contributed by atoms with Crippen LogP contribution in [0.1, 0.15) is 26.4 Å². The lowest BCUT2D eigenvalue weighted by Crippen LogP contribution is -2.27. The van der Waals surface area contributed by atoms with Crippen LogP contribution in [0.4, 0.5) is 0 Å². The summed E-state index contributed by atoms with van der Waals surface area (Å²) in [5.41, 5.74) is 3.65. The molecule has 1 aliphatic heterocycles. The molecule has 7 heteroatoms. The Bertz CT molecular complexity index is 1360. The van der Waals surface area contributed by atoms with Gasteiger partial charge in [0.25, 0.3) is 5.56 Å². The number of hydrogen-bond acceptors (Lipinski definition) is 6. The van der Waals surface area contributed by atoms with Crippen LogP contribution in [0.2, 0.25) is 0 Å². The first-order valence-corrected chi connectivity index (χ1v) is 12.4. The molecule has 0 bridgehead atoms. The summed E-state index contributed by atoms with van der Waals surface area (Å²) in [6, 6.07) is 17.2. The van der Waals surface area contributed by atoms with Gasteiger partial charge < -0.3 is 4.90 Å². The number of aryl methyl sites for hydroxylation is 1. The molecule has 0 aliphatic carbocycles. The van der Waals surface area contributed by atoms with Crippen molar-refractivity contribution in [2.24, 2.45) is 0 Å². The summed E-state index contributed by atoms with van der Waals surface area (Å²) < 4.78 is 1.67. The van der Waals surface area contributed by atoms with E-state index >= 15 is 0 Å². The van der Waals surface area contributed by atoms with Gasteiger partial charge >= 0.3 is 0 Å². The molecule has 2 aromatic carbocycles. The highest BCUT2D eigenvalue weighted by molar-refractivity contribution is 7.99. The maximum Gasteiger partial charge on any atom is 0.267 e. The number of rotatable bonds is 5. The number of Topliss-reactive ketones (excluding diaryl/α,β-unsaturated/α-hetero) is 1. The predicted molar refractivity (Wildman–Crippen MR) is 131 cm³/mol. The van der Waals surface area contributed by atoms with Gasteiger partial charge in [-0.25, -0.2) is 4.98 Å². The molecule has 0 fully saturated rings. The van der Waals surface area contributed by atoms with Gasteiger partial charge in [0.15, 0.2) is 10.9 Å². The van der Waals surface area contributed by atoms with E-state index in [1.54, 1.807) is 15.9 Å². The van der Waals surface area contributed by atoms with Crippen LogP contribution >= 0.6 is 23.1 Å². The minimum atomic E-state index is -0.0477. The molecule has 2 aromatic heterocycles. The van der Waals surface area contributed by atoms with Gasteiger partial charge in [-0.1, -0.05) is 59.8 Å². The molecule has 5 nitrogen and oxygen atoms in total. The number of aromatic nitrogens is 2. The van der Waals surface area contributed by atoms with Crippen LogP contribution in [0.25, 0.3) is 15.9 Å². The number of para-hydroxylation sites is 1. The Morgan fingerprint density at radius 1 is 1.12 bits per heavy atom. The van der Waals surface area contributed by atoms with Crippen LogP contribution < -0.4 is 5.56 Å². The second-order valence-corrected chi connectivity index (χ2v) is 10.1. The number of carbonyl (C=O) groups excluding carboxylic acids is 1. The average Bonchev–Trinajstić information content (AvgIpc) is 3.16. The van der Waals surface area contributed by atoms with E-state index in [9.17, 15) is 9.59 Å². The lowest BCUT2D eigenvalue weighted by atomic mass is 10.1. The fourth-order valence-corrected chi connectivity index (χ4v) is 6.25. The summed E-state index contributed by atoms with van der Waals surface area (Å²) in [5, 5.41) is 1.29. The molecular weight excluding hydrogens is 438 g/mol. The Labute approximate surface area is 194 Å². The number of thioether (sulfide) groups is 1. The van der Waals surface area contributed by atoms with Gasteiger partial charge in [-0.3, -0.25) is 14.2 Å². The third-order valence-electron chi connectivity index (χ3n) is 5.75. The molecule has 4 aromatic rings. The van der Waals surface area contributed by atoms with Crippen LogP contribution in [0.5, 0.6) is 0 Å². The topological polar surface area (TPSA) is 55.2 Å². The number of hydrogen-bond donors (Lipinski definition) is 0. The number of benzene rings is 2. The zero-order valence-corrected chi connectivity index (χ0v) is 19.6. The lowest BCUT2D eigenvalue weighted by molar-refractivity contribution is 0.102. The van der Waals surface area contributed by atoms with E-state index in [-0.39, 0.29) is 17.1 Å². The summed E-state index contributed by atoms with van der Waals surface area (Å²) in [6.07, 6.45) is 0.857. The first-order valence-electron chi connectivity index (χ1n) is 10.5. The molecule has 0 atom stereocenters. The smallest absolute Gasteiger partial charge is 0.267 e. The van der Waals surface area contributed by atoms with Gasteiger partial charge in [0.2, 0.25) is 0 Å². The zero-order chi connectivity index (χ0) is 22.2. The van der Waals surface area contributed by atoms with Gasteiger partial charge in [-0.15, -0.1) is 11.3 Å². The van der Waals surface area contributed by atoms with Gasteiger partial charge in [0, 0.05) is 23.5 Å². The minimum Gasteiger partial charge on any atom is -0.301 e. The van der Waals surface area contributed by atoms with E-state index in [0.29, 0.717) is 10.7 Å². The standard InChI is InChI=1S/C25H23N3O2S2/c1-16-8-10-17(11-9-16)20(29)15-31-25-26-23-22(19-12-13-27(2)14-21(19)32-23)24(30)28(25)18-6-4-3-5-7-18/h3-11H,12-15H2,1-2H3. The Morgan fingerprint density at radius 3 is 2.62 bits per heavy atom. The molecular formula is C25H23N3O2S2. The molecule has 0 saturated heterocycles. The van der Waals surface area contributed by atoms with Crippen molar-refractivity contribution in [3.63, 3.8) is 0 Å². The first kappa shape index (κ1) is 21.1. The SMILES string of the molecule is Cc1ccc(C(=O)CSc2nc3sc4c(c3c(=O)n2-c2ccccc2)CCN(C)C4)cc1. The van der Waals surface area contributed by atoms with Crippen molar-refractivity contribution < 1.29 is 4.79 Å². The van der Waals surface area contributed by atoms with Crippen LogP contribution in [-0.2, 0) is 13.0 Å². The number of fused-ring (bicyclic) bond motifs is 3. The number of thiophene rings is 1. The molecule has 3 heterocycles. The molecule has 162 valence electrons. The second kappa shape index (κ2) is 8.65. The summed E-state index contributed by atoms with van der Waals surface area (Å²) >= 11 is 2.93. The monoisotopic (exact) mass is 461 g/mol. The van der Waals surface area contributed by atoms with Crippen molar-refractivity contribution in [3.8, 4) is 5.69 Å². The first-order chi connectivity index (χ1) is 15.5. The normalized spacial score (nSPS) is 13.9. The highest BCUT2D eigenvalue weighted by Gasteiger charge is 2.24. The molecule has 5 rings (SSSR count). The molecule has 0 spiro atoms. The molecule has 0 N–H and O–H groups in total.